The minimum atomic E-state index is -0.152. The Morgan fingerprint density at radius 1 is 1.26 bits per heavy atom. The molecule has 104 valence electrons. The quantitative estimate of drug-likeness (QED) is 0.822. The Hall–Kier alpha value is -1.75. The second-order valence-corrected chi connectivity index (χ2v) is 5.01. The molecule has 0 saturated heterocycles. The van der Waals surface area contributed by atoms with Crippen molar-refractivity contribution in [1.82, 2.24) is 9.80 Å². The van der Waals surface area contributed by atoms with E-state index in [1.54, 1.807) is 19.0 Å². The average Bonchev–Trinajstić information content (AvgIpc) is 2.84. The molecule has 5 heteroatoms. The first kappa shape index (κ1) is 13.7. The van der Waals surface area contributed by atoms with E-state index in [9.17, 15) is 4.79 Å². The zero-order valence-electron chi connectivity index (χ0n) is 11.8. The van der Waals surface area contributed by atoms with Crippen LogP contribution in [0.2, 0.25) is 0 Å². The number of amides is 1. The van der Waals surface area contributed by atoms with Gasteiger partial charge in [-0.25, -0.2) is 0 Å². The molecule has 5 nitrogen and oxygen atoms in total. The molecule has 1 aromatic carbocycles. The van der Waals surface area contributed by atoms with Gasteiger partial charge in [0.25, 0.3) is 0 Å². The van der Waals surface area contributed by atoms with Crippen molar-refractivity contribution in [3.63, 3.8) is 0 Å². The molecule has 1 aliphatic rings. The van der Waals surface area contributed by atoms with Gasteiger partial charge < -0.3 is 14.4 Å². The van der Waals surface area contributed by atoms with Crippen LogP contribution in [0.1, 0.15) is 12.5 Å². The SMILES string of the molecule is CC(C(=O)N(C)C)N(C)Cc1ccc2c(c1)OCO2. The molecule has 1 aliphatic heterocycles. The number of hydrogen-bond donors (Lipinski definition) is 0. The van der Waals surface area contributed by atoms with Crippen LogP contribution in [-0.2, 0) is 11.3 Å². The van der Waals surface area contributed by atoms with Gasteiger partial charge in [0.2, 0.25) is 12.7 Å². The van der Waals surface area contributed by atoms with Crippen molar-refractivity contribution < 1.29 is 14.3 Å². The van der Waals surface area contributed by atoms with Gasteiger partial charge in [0.1, 0.15) is 0 Å². The number of nitrogens with zero attached hydrogens (tertiary/aromatic N) is 2. The Kier molecular flexibility index (Phi) is 3.95. The number of fused-ring (bicyclic) bond motifs is 1. The number of ether oxygens (including phenoxy) is 2. The summed E-state index contributed by atoms with van der Waals surface area (Å²) in [6.45, 7) is 2.89. The van der Waals surface area contributed by atoms with Gasteiger partial charge >= 0.3 is 0 Å². The highest BCUT2D eigenvalue weighted by atomic mass is 16.7. The van der Waals surface area contributed by atoms with Crippen LogP contribution >= 0.6 is 0 Å². The van der Waals surface area contributed by atoms with E-state index in [2.05, 4.69) is 0 Å². The fourth-order valence-corrected chi connectivity index (χ4v) is 2.03. The molecule has 2 rings (SSSR count). The van der Waals surface area contributed by atoms with E-state index < -0.39 is 0 Å². The minimum Gasteiger partial charge on any atom is -0.454 e. The summed E-state index contributed by atoms with van der Waals surface area (Å²) in [6.07, 6.45) is 0. The Morgan fingerprint density at radius 2 is 1.95 bits per heavy atom. The van der Waals surface area contributed by atoms with Crippen molar-refractivity contribution in [1.29, 1.82) is 0 Å². The summed E-state index contributed by atoms with van der Waals surface area (Å²) in [6, 6.07) is 5.72. The number of benzene rings is 1. The maximum absolute atomic E-state index is 11.9. The molecule has 0 N–H and O–H groups in total. The first-order chi connectivity index (χ1) is 8.99. The van der Waals surface area contributed by atoms with Crippen molar-refractivity contribution in [3.8, 4) is 11.5 Å². The lowest BCUT2D eigenvalue weighted by Gasteiger charge is -2.26. The summed E-state index contributed by atoms with van der Waals surface area (Å²) in [5.74, 6) is 1.66. The van der Waals surface area contributed by atoms with Crippen LogP contribution in [0.5, 0.6) is 11.5 Å². The van der Waals surface area contributed by atoms with E-state index in [-0.39, 0.29) is 18.7 Å². The summed E-state index contributed by atoms with van der Waals surface area (Å²) in [4.78, 5) is 15.5. The van der Waals surface area contributed by atoms with Crippen molar-refractivity contribution >= 4 is 5.91 Å². The summed E-state index contributed by atoms with van der Waals surface area (Å²) >= 11 is 0. The van der Waals surface area contributed by atoms with Crippen LogP contribution in [0.15, 0.2) is 18.2 Å². The highest BCUT2D eigenvalue weighted by molar-refractivity contribution is 5.80. The summed E-state index contributed by atoms with van der Waals surface area (Å²) in [5, 5.41) is 0. The molecule has 1 aromatic rings. The Morgan fingerprint density at radius 3 is 2.63 bits per heavy atom. The molecule has 19 heavy (non-hydrogen) atoms. The Balaban J connectivity index is 2.02. The third-order valence-corrected chi connectivity index (χ3v) is 3.33. The largest absolute Gasteiger partial charge is 0.454 e. The molecule has 0 aromatic heterocycles. The molecule has 0 radical (unpaired) electrons. The second-order valence-electron chi connectivity index (χ2n) is 5.01. The maximum Gasteiger partial charge on any atom is 0.239 e. The number of hydrogen-bond acceptors (Lipinski definition) is 4. The fraction of sp³-hybridized carbons (Fsp3) is 0.500. The average molecular weight is 264 g/mol. The first-order valence-corrected chi connectivity index (χ1v) is 6.29. The Labute approximate surface area is 113 Å². The van der Waals surface area contributed by atoms with Crippen LogP contribution < -0.4 is 9.47 Å². The highest BCUT2D eigenvalue weighted by Crippen LogP contribution is 2.32. The van der Waals surface area contributed by atoms with Crippen LogP contribution in [0, 0.1) is 0 Å². The van der Waals surface area contributed by atoms with Crippen LogP contribution in [0.3, 0.4) is 0 Å². The lowest BCUT2D eigenvalue weighted by molar-refractivity contribution is -0.133. The van der Waals surface area contributed by atoms with Gasteiger partial charge in [0, 0.05) is 20.6 Å². The summed E-state index contributed by atoms with van der Waals surface area (Å²) in [7, 11) is 5.48. The molecule has 0 bridgehead atoms. The molecule has 1 unspecified atom stereocenters. The van der Waals surface area contributed by atoms with Gasteiger partial charge in [-0.3, -0.25) is 9.69 Å². The van der Waals surface area contributed by atoms with E-state index in [1.807, 2.05) is 37.1 Å². The smallest absolute Gasteiger partial charge is 0.239 e. The van der Waals surface area contributed by atoms with Gasteiger partial charge in [0.05, 0.1) is 6.04 Å². The third-order valence-electron chi connectivity index (χ3n) is 3.33. The minimum absolute atomic E-state index is 0.100. The molecule has 0 spiro atoms. The van der Waals surface area contributed by atoms with Crippen LogP contribution in [-0.4, -0.2) is 49.7 Å². The molecule has 1 amide bonds. The molecule has 0 fully saturated rings. The van der Waals surface area contributed by atoms with Crippen molar-refractivity contribution in [2.24, 2.45) is 0 Å². The topological polar surface area (TPSA) is 42.0 Å². The highest BCUT2D eigenvalue weighted by Gasteiger charge is 2.20. The molecular formula is C14H20N2O3. The van der Waals surface area contributed by atoms with E-state index in [0.29, 0.717) is 6.54 Å². The van der Waals surface area contributed by atoms with Crippen molar-refractivity contribution in [2.45, 2.75) is 19.5 Å². The fourth-order valence-electron chi connectivity index (χ4n) is 2.03. The zero-order valence-corrected chi connectivity index (χ0v) is 11.8. The predicted octanol–water partition coefficient (Wildman–Crippen LogP) is 1.32. The maximum atomic E-state index is 11.9. The summed E-state index contributed by atoms with van der Waals surface area (Å²) < 4.78 is 10.6. The normalized spacial score (nSPS) is 14.6. The molecule has 0 saturated carbocycles. The van der Waals surface area contributed by atoms with Gasteiger partial charge in [0.15, 0.2) is 11.5 Å². The summed E-state index contributed by atoms with van der Waals surface area (Å²) in [5.41, 5.74) is 1.10. The van der Waals surface area contributed by atoms with Crippen molar-refractivity contribution in [2.75, 3.05) is 27.9 Å². The van der Waals surface area contributed by atoms with E-state index >= 15 is 0 Å². The third kappa shape index (κ3) is 2.98. The predicted molar refractivity (Wildman–Crippen MR) is 72.2 cm³/mol. The van der Waals surface area contributed by atoms with Gasteiger partial charge in [-0.05, 0) is 31.7 Å². The lowest BCUT2D eigenvalue weighted by Crippen LogP contribution is -2.42. The van der Waals surface area contributed by atoms with Crippen molar-refractivity contribution in [3.05, 3.63) is 23.8 Å². The van der Waals surface area contributed by atoms with Gasteiger partial charge in [-0.2, -0.15) is 0 Å². The standard InChI is InChI=1S/C14H20N2O3/c1-10(14(17)15(2)3)16(4)8-11-5-6-12-13(7-11)19-9-18-12/h5-7,10H,8-9H2,1-4H3. The monoisotopic (exact) mass is 264 g/mol. The number of carbonyl (C=O) groups is 1. The lowest BCUT2D eigenvalue weighted by atomic mass is 10.1. The van der Waals surface area contributed by atoms with E-state index in [4.69, 9.17) is 9.47 Å². The zero-order chi connectivity index (χ0) is 14.0. The van der Waals surface area contributed by atoms with E-state index in [0.717, 1.165) is 17.1 Å². The van der Waals surface area contributed by atoms with Crippen LogP contribution in [0.4, 0.5) is 0 Å². The number of carbonyl (C=O) groups excluding carboxylic acids is 1. The second kappa shape index (κ2) is 5.48. The van der Waals surface area contributed by atoms with E-state index in [1.165, 1.54) is 0 Å². The Bertz CT molecular complexity index is 474. The molecular weight excluding hydrogens is 244 g/mol. The first-order valence-electron chi connectivity index (χ1n) is 6.29. The van der Waals surface area contributed by atoms with Gasteiger partial charge in [-0.15, -0.1) is 0 Å². The van der Waals surface area contributed by atoms with Crippen LogP contribution in [0.25, 0.3) is 0 Å². The molecule has 0 aliphatic carbocycles. The number of rotatable bonds is 4. The molecule has 1 heterocycles. The van der Waals surface area contributed by atoms with Gasteiger partial charge in [-0.1, -0.05) is 6.07 Å². The molecule has 1 atom stereocenters. The number of likely N-dealkylation sites (N-methyl/N-ethyl adjacent to an activating group) is 2.